The molecule has 3 aliphatic carbocycles. The molecule has 1 fully saturated rings. The quantitative estimate of drug-likeness (QED) is 0.268. The minimum absolute atomic E-state index is 0.0895. The molecule has 4 atom stereocenters. The number of phenols is 1. The largest absolute Gasteiger partial charge is 0.507 e. The summed E-state index contributed by atoms with van der Waals surface area (Å²) in [6.45, 7) is 3.04. The van der Waals surface area contributed by atoms with Crippen LogP contribution in [0.1, 0.15) is 48.5 Å². The van der Waals surface area contributed by atoms with Crippen LogP contribution in [0.2, 0.25) is 0 Å². The number of carbonyl (C=O) groups excluding carboxylic acids is 5. The van der Waals surface area contributed by atoms with Crippen molar-refractivity contribution in [3.63, 3.8) is 0 Å². The van der Waals surface area contributed by atoms with Crippen LogP contribution in [-0.4, -0.2) is 41.4 Å². The highest BCUT2D eigenvalue weighted by Crippen LogP contribution is 2.57. The number of nitrogens with zero attached hydrogens (tertiary/aromatic N) is 1. The third kappa shape index (κ3) is 3.62. The maximum Gasteiger partial charge on any atom is 0.238 e. The zero-order valence-corrected chi connectivity index (χ0v) is 22.3. The van der Waals surface area contributed by atoms with E-state index >= 15 is 0 Å². The highest BCUT2D eigenvalue weighted by Gasteiger charge is 2.57. The predicted octanol–water partition coefficient (Wildman–Crippen LogP) is 4.24. The number of phenolic OH excluding ortho intramolecular Hbond substituents is 1. The lowest BCUT2D eigenvalue weighted by Gasteiger charge is -2.42. The lowest BCUT2D eigenvalue weighted by molar-refractivity contribution is -0.123. The van der Waals surface area contributed by atoms with Gasteiger partial charge in [-0.3, -0.25) is 28.9 Å². The van der Waals surface area contributed by atoms with E-state index in [2.05, 4.69) is 0 Å². The van der Waals surface area contributed by atoms with E-state index < -0.39 is 23.7 Å². The van der Waals surface area contributed by atoms with Gasteiger partial charge in [-0.25, -0.2) is 0 Å². The van der Waals surface area contributed by atoms with Gasteiger partial charge in [0.2, 0.25) is 11.8 Å². The van der Waals surface area contributed by atoms with E-state index in [-0.39, 0.29) is 47.8 Å². The van der Waals surface area contributed by atoms with Gasteiger partial charge in [-0.15, -0.1) is 0 Å². The molecule has 1 N–H and O–H groups in total. The molecule has 40 heavy (non-hydrogen) atoms. The summed E-state index contributed by atoms with van der Waals surface area (Å²) >= 11 is 0. The zero-order valence-electron chi connectivity index (χ0n) is 22.3. The van der Waals surface area contributed by atoms with Gasteiger partial charge in [0.05, 0.1) is 24.6 Å². The molecule has 1 heterocycles. The maximum atomic E-state index is 14.0. The summed E-state index contributed by atoms with van der Waals surface area (Å²) in [5.41, 5.74) is 2.84. The van der Waals surface area contributed by atoms with E-state index in [9.17, 15) is 29.1 Å². The Kier molecular flexibility index (Phi) is 5.94. The number of hydrogen-bond acceptors (Lipinski definition) is 7. The van der Waals surface area contributed by atoms with E-state index in [1.807, 2.05) is 6.08 Å². The second-order valence-corrected chi connectivity index (χ2v) is 10.7. The molecule has 202 valence electrons. The lowest BCUT2D eigenvalue weighted by atomic mass is 9.59. The highest BCUT2D eigenvalue weighted by atomic mass is 16.5. The summed E-state index contributed by atoms with van der Waals surface area (Å²) in [5, 5.41) is 11.0. The van der Waals surface area contributed by atoms with Crippen LogP contribution >= 0.6 is 0 Å². The number of rotatable bonds is 4. The molecule has 4 aliphatic rings. The Morgan fingerprint density at radius 2 is 1.73 bits per heavy atom. The fourth-order valence-electron chi connectivity index (χ4n) is 6.79. The molecule has 8 nitrogen and oxygen atoms in total. The molecule has 2 aromatic rings. The van der Waals surface area contributed by atoms with Crippen LogP contribution in [0.5, 0.6) is 11.5 Å². The number of anilines is 1. The number of amides is 2. The van der Waals surface area contributed by atoms with Gasteiger partial charge in [-0.1, -0.05) is 17.7 Å². The van der Waals surface area contributed by atoms with Crippen LogP contribution in [-0.2, 0) is 19.2 Å². The minimum Gasteiger partial charge on any atom is -0.507 e. The lowest BCUT2D eigenvalue weighted by Crippen LogP contribution is -2.40. The molecule has 1 saturated heterocycles. The number of aromatic hydroxyl groups is 1. The van der Waals surface area contributed by atoms with Crippen LogP contribution in [0, 0.1) is 17.8 Å². The number of Topliss-reactive ketones (excluding diaryl/α,β-unsaturated/α-hetero) is 2. The van der Waals surface area contributed by atoms with Crippen LogP contribution in [0.25, 0.3) is 0 Å². The smallest absolute Gasteiger partial charge is 0.238 e. The highest BCUT2D eigenvalue weighted by molar-refractivity contribution is 6.25. The van der Waals surface area contributed by atoms with Gasteiger partial charge in [-0.05, 0) is 75.1 Å². The SMILES string of the molecule is COc1cccc(O)c1[C@H]1C2=CC[C@@H]3C(=O)N(c4ccc(C(C)=O)cc4)C(=O)[C@@H]3[C@@H]2CC2=C1C(=O)C(C)=CC2=O. The van der Waals surface area contributed by atoms with Gasteiger partial charge in [-0.2, -0.15) is 0 Å². The summed E-state index contributed by atoms with van der Waals surface area (Å²) in [6.07, 6.45) is 3.62. The standard InChI is InChI=1S/C32H27NO7/c1-15-13-24(36)22-14-21-19(27(28(22)30(15)37)29-23(35)5-4-6-25(29)40-3)11-12-20-26(21)32(39)33(31(20)38)18-9-7-17(8-10-18)16(2)34/h4-11,13,20-21,26-27,35H,12,14H2,1-3H3/t20-,21+,26-,27-/m0/s1. The first-order valence-electron chi connectivity index (χ1n) is 13.2. The number of carbonyl (C=O) groups is 5. The molecule has 0 spiro atoms. The first kappa shape index (κ1) is 25.7. The molecule has 0 bridgehead atoms. The summed E-state index contributed by atoms with van der Waals surface area (Å²) in [5.74, 6) is -3.88. The van der Waals surface area contributed by atoms with E-state index in [0.29, 0.717) is 39.3 Å². The Hall–Kier alpha value is -4.59. The fraction of sp³-hybridized carbons (Fsp3) is 0.281. The molecule has 6 rings (SSSR count). The van der Waals surface area contributed by atoms with E-state index in [1.54, 1.807) is 43.3 Å². The molecule has 2 aromatic carbocycles. The van der Waals surface area contributed by atoms with Crippen LogP contribution < -0.4 is 9.64 Å². The molecular weight excluding hydrogens is 510 g/mol. The monoisotopic (exact) mass is 537 g/mol. The van der Waals surface area contributed by atoms with Crippen LogP contribution in [0.4, 0.5) is 5.69 Å². The Balaban J connectivity index is 1.49. The summed E-state index contributed by atoms with van der Waals surface area (Å²) in [6, 6.07) is 11.2. The molecule has 1 aliphatic heterocycles. The van der Waals surface area contributed by atoms with E-state index in [4.69, 9.17) is 4.74 Å². The van der Waals surface area contributed by atoms with Crippen molar-refractivity contribution >= 4 is 34.9 Å². The van der Waals surface area contributed by atoms with Crippen molar-refractivity contribution in [2.45, 2.75) is 32.6 Å². The maximum absolute atomic E-state index is 14.0. The van der Waals surface area contributed by atoms with Crippen molar-refractivity contribution in [2.24, 2.45) is 17.8 Å². The Morgan fingerprint density at radius 1 is 1.00 bits per heavy atom. The molecule has 2 amide bonds. The molecule has 0 saturated carbocycles. The average molecular weight is 538 g/mol. The van der Waals surface area contributed by atoms with Gasteiger partial charge in [0, 0.05) is 33.8 Å². The summed E-state index contributed by atoms with van der Waals surface area (Å²) < 4.78 is 5.58. The summed E-state index contributed by atoms with van der Waals surface area (Å²) in [4.78, 5) is 67.3. The molecular formula is C32H27NO7. The fourth-order valence-corrected chi connectivity index (χ4v) is 6.79. The Morgan fingerprint density at radius 3 is 2.40 bits per heavy atom. The van der Waals surface area contributed by atoms with Crippen molar-refractivity contribution in [3.8, 4) is 11.5 Å². The molecule has 0 aromatic heterocycles. The van der Waals surface area contributed by atoms with Crippen molar-refractivity contribution in [1.29, 1.82) is 0 Å². The van der Waals surface area contributed by atoms with Gasteiger partial charge in [0.1, 0.15) is 11.5 Å². The number of hydrogen-bond donors (Lipinski definition) is 1. The topological polar surface area (TPSA) is 118 Å². The number of methoxy groups -OCH3 is 1. The van der Waals surface area contributed by atoms with Gasteiger partial charge in [0.15, 0.2) is 17.3 Å². The second-order valence-electron chi connectivity index (χ2n) is 10.7. The van der Waals surface area contributed by atoms with Crippen molar-refractivity contribution in [2.75, 3.05) is 12.0 Å². The number of ketones is 3. The Labute approximate surface area is 230 Å². The molecule has 0 unspecified atom stereocenters. The zero-order chi connectivity index (χ0) is 28.5. The molecule has 8 heteroatoms. The first-order chi connectivity index (χ1) is 19.1. The number of imide groups is 1. The average Bonchev–Trinajstić information content (AvgIpc) is 3.20. The van der Waals surface area contributed by atoms with Gasteiger partial charge >= 0.3 is 0 Å². The Bertz CT molecular complexity index is 1620. The van der Waals surface area contributed by atoms with Gasteiger partial charge in [0.25, 0.3) is 0 Å². The second kappa shape index (κ2) is 9.26. The number of benzene rings is 2. The number of allylic oxidation sites excluding steroid dienone is 6. The van der Waals surface area contributed by atoms with Crippen LogP contribution in [0.15, 0.2) is 76.9 Å². The van der Waals surface area contributed by atoms with E-state index in [0.717, 1.165) is 5.57 Å². The van der Waals surface area contributed by atoms with Crippen molar-refractivity contribution in [3.05, 3.63) is 88.0 Å². The van der Waals surface area contributed by atoms with Crippen molar-refractivity contribution < 1.29 is 33.8 Å². The predicted molar refractivity (Wildman–Crippen MR) is 145 cm³/mol. The molecule has 0 radical (unpaired) electrons. The summed E-state index contributed by atoms with van der Waals surface area (Å²) in [7, 11) is 1.46. The first-order valence-corrected chi connectivity index (χ1v) is 13.2. The number of ether oxygens (including phenoxy) is 1. The van der Waals surface area contributed by atoms with E-state index in [1.165, 1.54) is 31.1 Å². The third-order valence-corrected chi connectivity index (χ3v) is 8.65. The van der Waals surface area contributed by atoms with Crippen LogP contribution in [0.3, 0.4) is 0 Å². The normalized spacial score (nSPS) is 25.7. The number of fused-ring (bicyclic) bond motifs is 3. The van der Waals surface area contributed by atoms with Gasteiger partial charge < -0.3 is 9.84 Å². The third-order valence-electron chi connectivity index (χ3n) is 8.65. The minimum atomic E-state index is -0.808. The van der Waals surface area contributed by atoms with Crippen molar-refractivity contribution in [1.82, 2.24) is 0 Å².